The molecule has 0 aliphatic carbocycles. The Bertz CT molecular complexity index is 662. The summed E-state index contributed by atoms with van der Waals surface area (Å²) in [6.45, 7) is 23.0. The van der Waals surface area contributed by atoms with E-state index in [1.807, 2.05) is 0 Å². The third kappa shape index (κ3) is 7.43. The molecule has 0 amide bonds. The predicted octanol–water partition coefficient (Wildman–Crippen LogP) is 2.44. The van der Waals surface area contributed by atoms with Crippen LogP contribution in [-0.2, 0) is 4.74 Å². The van der Waals surface area contributed by atoms with Crippen LogP contribution in [0.4, 0.5) is 0 Å². The summed E-state index contributed by atoms with van der Waals surface area (Å²) >= 11 is 0. The van der Waals surface area contributed by atoms with E-state index in [1.165, 1.54) is 64.7 Å². The van der Waals surface area contributed by atoms with Gasteiger partial charge in [0.05, 0.1) is 13.2 Å². The maximum atomic E-state index is 6.64. The molecular weight excluding hydrogens is 448 g/mol. The van der Waals surface area contributed by atoms with Crippen LogP contribution < -0.4 is 11.5 Å². The topological polar surface area (TPSA) is 74.2 Å². The molecule has 4 saturated heterocycles. The van der Waals surface area contributed by atoms with Crippen molar-refractivity contribution < 1.29 is 4.74 Å². The first-order valence-corrected chi connectivity index (χ1v) is 15.2. The number of nitrogens with two attached hydrogens (primary N) is 2. The van der Waals surface area contributed by atoms with E-state index in [9.17, 15) is 0 Å². The first kappa shape index (κ1) is 28.7. The Morgan fingerprint density at radius 2 is 1.22 bits per heavy atom. The van der Waals surface area contributed by atoms with Gasteiger partial charge in [-0.05, 0) is 85.0 Å². The van der Waals surface area contributed by atoms with E-state index in [-0.39, 0.29) is 0 Å². The van der Waals surface area contributed by atoms with Gasteiger partial charge in [0.2, 0.25) is 0 Å². The van der Waals surface area contributed by atoms with Crippen molar-refractivity contribution in [2.75, 3.05) is 65.6 Å². The molecule has 0 aromatic rings. The Balaban J connectivity index is 1.25. The molecule has 4 aliphatic rings. The summed E-state index contributed by atoms with van der Waals surface area (Å²) in [5.41, 5.74) is 13.4. The largest absolute Gasteiger partial charge is 0.379 e. The molecule has 6 atom stereocenters. The van der Waals surface area contributed by atoms with Gasteiger partial charge in [-0.3, -0.25) is 14.7 Å². The van der Waals surface area contributed by atoms with Crippen LogP contribution in [0.5, 0.6) is 0 Å². The average Bonchev–Trinajstić information content (AvgIpc) is 2.84. The van der Waals surface area contributed by atoms with Crippen LogP contribution in [0.3, 0.4) is 0 Å². The molecular formula is C29H58N6O. The maximum Gasteiger partial charge on any atom is 0.0594 e. The van der Waals surface area contributed by atoms with Crippen molar-refractivity contribution in [3.8, 4) is 0 Å². The molecule has 0 bridgehead atoms. The van der Waals surface area contributed by atoms with Crippen LogP contribution in [0.25, 0.3) is 0 Å². The van der Waals surface area contributed by atoms with Crippen LogP contribution >= 0.6 is 0 Å². The van der Waals surface area contributed by atoms with Gasteiger partial charge in [0.15, 0.2) is 0 Å². The molecule has 210 valence electrons. The zero-order chi connectivity index (χ0) is 25.9. The highest BCUT2D eigenvalue weighted by Crippen LogP contribution is 2.32. The lowest BCUT2D eigenvalue weighted by atomic mass is 9.84. The zero-order valence-electron chi connectivity index (χ0n) is 24.2. The normalized spacial score (nSPS) is 35.7. The highest BCUT2D eigenvalue weighted by molar-refractivity contribution is 4.95. The number of hydrogen-bond acceptors (Lipinski definition) is 7. The van der Waals surface area contributed by atoms with Gasteiger partial charge in [-0.2, -0.15) is 0 Å². The second-order valence-electron chi connectivity index (χ2n) is 13.5. The second kappa shape index (κ2) is 12.7. The van der Waals surface area contributed by atoms with Crippen LogP contribution in [0.15, 0.2) is 0 Å². The summed E-state index contributed by atoms with van der Waals surface area (Å²) in [4.78, 5) is 10.8. The molecule has 4 fully saturated rings. The number of piperidine rings is 3. The average molecular weight is 507 g/mol. The fourth-order valence-corrected chi connectivity index (χ4v) is 7.82. The lowest BCUT2D eigenvalue weighted by Gasteiger charge is -2.50. The third-order valence-electron chi connectivity index (χ3n) is 10.2. The van der Waals surface area contributed by atoms with Crippen LogP contribution in [0.1, 0.15) is 73.1 Å². The zero-order valence-corrected chi connectivity index (χ0v) is 24.2. The van der Waals surface area contributed by atoms with Gasteiger partial charge in [0.1, 0.15) is 0 Å². The quantitative estimate of drug-likeness (QED) is 0.524. The summed E-state index contributed by atoms with van der Waals surface area (Å²) in [5.74, 6) is 1.41. The fraction of sp³-hybridized carbons (Fsp3) is 1.00. The summed E-state index contributed by atoms with van der Waals surface area (Å²) in [7, 11) is 0. The molecule has 4 N–H and O–H groups in total. The van der Waals surface area contributed by atoms with E-state index < -0.39 is 0 Å². The molecule has 4 rings (SSSR count). The predicted molar refractivity (Wildman–Crippen MR) is 150 cm³/mol. The van der Waals surface area contributed by atoms with Crippen molar-refractivity contribution in [3.63, 3.8) is 0 Å². The number of rotatable bonds is 8. The highest BCUT2D eigenvalue weighted by atomic mass is 16.5. The van der Waals surface area contributed by atoms with E-state index >= 15 is 0 Å². The smallest absolute Gasteiger partial charge is 0.0594 e. The van der Waals surface area contributed by atoms with Crippen LogP contribution in [0, 0.1) is 11.8 Å². The molecule has 0 aromatic carbocycles. The Morgan fingerprint density at radius 1 is 0.722 bits per heavy atom. The number of nitrogens with zero attached hydrogens (tertiary/aromatic N) is 4. The number of ether oxygens (including phenoxy) is 1. The second-order valence-corrected chi connectivity index (χ2v) is 13.5. The lowest BCUT2D eigenvalue weighted by molar-refractivity contribution is -0.0451. The van der Waals surface area contributed by atoms with Crippen molar-refractivity contribution in [3.05, 3.63) is 0 Å². The summed E-state index contributed by atoms with van der Waals surface area (Å²) in [6.07, 6.45) is 7.44. The first-order chi connectivity index (χ1) is 17.1. The van der Waals surface area contributed by atoms with Gasteiger partial charge < -0.3 is 21.1 Å². The Kier molecular flexibility index (Phi) is 10.1. The molecule has 7 heteroatoms. The van der Waals surface area contributed by atoms with Gasteiger partial charge in [-0.15, -0.1) is 0 Å². The lowest BCUT2D eigenvalue weighted by Crippen LogP contribution is -2.58. The monoisotopic (exact) mass is 506 g/mol. The highest BCUT2D eigenvalue weighted by Gasteiger charge is 2.38. The Morgan fingerprint density at radius 3 is 1.78 bits per heavy atom. The third-order valence-corrected chi connectivity index (χ3v) is 10.2. The van der Waals surface area contributed by atoms with Gasteiger partial charge in [-0.25, -0.2) is 0 Å². The van der Waals surface area contributed by atoms with Crippen molar-refractivity contribution >= 4 is 0 Å². The number of hydrogen-bond donors (Lipinski definition) is 2. The number of morpholine rings is 1. The summed E-state index contributed by atoms with van der Waals surface area (Å²) in [6, 6.07) is 2.45. The molecule has 0 radical (unpaired) electrons. The minimum atomic E-state index is 0.310. The molecule has 7 nitrogen and oxygen atoms in total. The molecule has 0 spiro atoms. The molecule has 5 unspecified atom stereocenters. The summed E-state index contributed by atoms with van der Waals surface area (Å²) < 4.78 is 5.60. The van der Waals surface area contributed by atoms with Gasteiger partial charge in [-0.1, -0.05) is 0 Å². The van der Waals surface area contributed by atoms with Gasteiger partial charge in [0, 0.05) is 88.1 Å². The van der Waals surface area contributed by atoms with Crippen molar-refractivity contribution in [2.45, 2.75) is 109 Å². The molecule has 0 aromatic heterocycles. The maximum absolute atomic E-state index is 6.64. The van der Waals surface area contributed by atoms with E-state index in [4.69, 9.17) is 16.2 Å². The fourth-order valence-electron chi connectivity index (χ4n) is 7.82. The molecule has 4 heterocycles. The molecule has 0 saturated carbocycles. The van der Waals surface area contributed by atoms with E-state index in [0.717, 1.165) is 39.4 Å². The number of likely N-dealkylation sites (tertiary alicyclic amines) is 3. The SMILES string of the molecule is CC(C)N1CC(CC(C)N2CC(N)CC(CC(C)N3CCC(C)(N4CCOCC4)CC3)C2)C[C@@H](N)C1. The molecule has 4 aliphatic heterocycles. The van der Waals surface area contributed by atoms with Gasteiger partial charge in [0.25, 0.3) is 0 Å². The van der Waals surface area contributed by atoms with E-state index in [1.54, 1.807) is 0 Å². The van der Waals surface area contributed by atoms with Crippen molar-refractivity contribution in [1.82, 2.24) is 19.6 Å². The van der Waals surface area contributed by atoms with Crippen LogP contribution in [-0.4, -0.2) is 121 Å². The molecule has 36 heavy (non-hydrogen) atoms. The Hall–Kier alpha value is -0.280. The van der Waals surface area contributed by atoms with E-state index in [0.29, 0.717) is 47.6 Å². The minimum Gasteiger partial charge on any atom is -0.379 e. The minimum absolute atomic E-state index is 0.310. The summed E-state index contributed by atoms with van der Waals surface area (Å²) in [5, 5.41) is 0. The first-order valence-electron chi connectivity index (χ1n) is 15.2. The van der Waals surface area contributed by atoms with Gasteiger partial charge >= 0.3 is 0 Å². The van der Waals surface area contributed by atoms with E-state index in [2.05, 4.69) is 54.2 Å². The van der Waals surface area contributed by atoms with Crippen molar-refractivity contribution in [1.29, 1.82) is 0 Å². The van der Waals surface area contributed by atoms with Crippen molar-refractivity contribution in [2.24, 2.45) is 23.3 Å². The standard InChI is InChI=1S/C29H58N6O/c1-22(2)33-18-25(16-27(30)20-33)15-24(4)34-19-26(17-28(31)21-34)14-23(3)32-8-6-29(5,7-9-32)35-10-12-36-13-11-35/h22-28H,6-21,30-31H2,1-5H3/t23?,24?,25?,26?,27-,28?/m1/s1. The van der Waals surface area contributed by atoms with Crippen LogP contribution in [0.2, 0.25) is 0 Å². The Labute approximate surface area is 222 Å².